The summed E-state index contributed by atoms with van der Waals surface area (Å²) < 4.78 is 10.2. The maximum atomic E-state index is 6.95. The first-order chi connectivity index (χ1) is 54.6. The number of nitrogens with zero attached hydrogens (tertiary/aromatic N) is 8. The van der Waals surface area contributed by atoms with Gasteiger partial charge in [0.15, 0.2) is 29.1 Å². The summed E-state index contributed by atoms with van der Waals surface area (Å²) in [5.74, 6) is 2.97. The summed E-state index contributed by atoms with van der Waals surface area (Å²) in [5.41, 5.74) is 31.3. The molecule has 112 heavy (non-hydrogen) atoms. The first kappa shape index (κ1) is 63.4. The van der Waals surface area contributed by atoms with Crippen molar-refractivity contribution in [3.8, 4) is 102 Å². The summed E-state index contributed by atoms with van der Waals surface area (Å²) in [4.78, 5) is 24.9. The van der Waals surface area contributed by atoms with Gasteiger partial charge in [-0.25, -0.2) is 19.9 Å². The van der Waals surface area contributed by atoms with E-state index in [0.717, 1.165) is 115 Å². The molecule has 0 saturated heterocycles. The summed E-state index contributed by atoms with van der Waals surface area (Å²) >= 11 is 0. The third-order valence-electron chi connectivity index (χ3n) is 26.4. The zero-order valence-electron chi connectivity index (χ0n) is 63.4. The largest absolute Gasteiger partial charge is 0.305 e. The fourth-order valence-corrected chi connectivity index (χ4v) is 21.0. The Balaban J connectivity index is 0.994. The van der Waals surface area contributed by atoms with Crippen LogP contribution in [-0.4, -0.2) is 38.2 Å². The van der Waals surface area contributed by atoms with Gasteiger partial charge in [0, 0.05) is 75.9 Å². The molecule has 530 valence electrons. The van der Waals surface area contributed by atoms with Crippen molar-refractivity contribution in [3.05, 3.63) is 348 Å². The minimum atomic E-state index is -0.300. The Morgan fingerprint density at radius 1 is 0.196 bits per heavy atom. The maximum Gasteiger partial charge on any atom is 0.168 e. The number of hydrogen-bond acceptors (Lipinski definition) is 4. The van der Waals surface area contributed by atoms with E-state index in [0.29, 0.717) is 29.1 Å². The van der Waals surface area contributed by atoms with E-state index in [1.807, 2.05) is 0 Å². The zero-order chi connectivity index (χ0) is 74.7. The molecule has 14 aromatic carbocycles. The van der Waals surface area contributed by atoms with E-state index in [4.69, 9.17) is 19.9 Å². The molecule has 0 unspecified atom stereocenters. The third kappa shape index (κ3) is 8.24. The predicted octanol–water partition coefficient (Wildman–Crippen LogP) is 25.9. The average Bonchev–Trinajstić information content (AvgIpc) is 1.46. The Labute approximate surface area is 647 Å². The van der Waals surface area contributed by atoms with Crippen molar-refractivity contribution < 1.29 is 0 Å². The molecule has 8 nitrogen and oxygen atoms in total. The van der Waals surface area contributed by atoms with Crippen LogP contribution in [0, 0.1) is 0 Å². The fraction of sp³-hybridized carbons (Fsp3) is 0.115. The SMILES string of the molecule is CC1(C)c2ccccc2-c2cc3c(cc21)c1ccccc1n3-c1nc(-n2c3ccccc3c3cc4c(cc32)-c2ccccc2C4(C)C)c(-n2c3ccccc3c3cc4c(cc32)-c2ccccc2C4(C)C)c(-c2nc(-c3ccccc3)nc(-c3ccccc3)n2)c1-n1c2ccccc2c2cc3c(cc21)-c1ccccc1C3(C)C. The topological polar surface area (TPSA) is 71.3 Å². The van der Waals surface area contributed by atoms with Crippen molar-refractivity contribution >= 4 is 87.2 Å². The van der Waals surface area contributed by atoms with Gasteiger partial charge in [-0.1, -0.05) is 286 Å². The summed E-state index contributed by atoms with van der Waals surface area (Å²) in [5, 5.41) is 9.03. The molecule has 20 aromatic rings. The number of aromatic nitrogens is 8. The summed E-state index contributed by atoms with van der Waals surface area (Å²) in [7, 11) is 0. The lowest BCUT2D eigenvalue weighted by Crippen LogP contribution is -2.17. The summed E-state index contributed by atoms with van der Waals surface area (Å²) in [6, 6.07) is 113. The lowest BCUT2D eigenvalue weighted by atomic mass is 9.82. The second-order valence-electron chi connectivity index (χ2n) is 33.6. The van der Waals surface area contributed by atoms with Crippen molar-refractivity contribution in [1.29, 1.82) is 0 Å². The highest BCUT2D eigenvalue weighted by Crippen LogP contribution is 2.59. The van der Waals surface area contributed by atoms with Gasteiger partial charge in [0.05, 0.1) is 49.7 Å². The molecular formula is C104H74N8. The zero-order valence-corrected chi connectivity index (χ0v) is 63.4. The van der Waals surface area contributed by atoms with Crippen LogP contribution in [-0.2, 0) is 21.7 Å². The molecule has 0 saturated carbocycles. The number of pyridine rings is 1. The molecule has 24 rings (SSSR count). The van der Waals surface area contributed by atoms with Crippen LogP contribution >= 0.6 is 0 Å². The Hall–Kier alpha value is -13.6. The number of para-hydroxylation sites is 4. The van der Waals surface area contributed by atoms with Gasteiger partial charge in [-0.3, -0.25) is 9.13 Å². The van der Waals surface area contributed by atoms with E-state index in [1.54, 1.807) is 0 Å². The van der Waals surface area contributed by atoms with Gasteiger partial charge in [0.1, 0.15) is 11.4 Å². The molecule has 0 bridgehead atoms. The van der Waals surface area contributed by atoms with Crippen molar-refractivity contribution in [3.63, 3.8) is 0 Å². The van der Waals surface area contributed by atoms with E-state index in [2.05, 4.69) is 377 Å². The van der Waals surface area contributed by atoms with Crippen LogP contribution in [0.25, 0.3) is 189 Å². The molecule has 0 atom stereocenters. The predicted molar refractivity (Wildman–Crippen MR) is 462 cm³/mol. The second-order valence-corrected chi connectivity index (χ2v) is 33.6. The van der Waals surface area contributed by atoms with Gasteiger partial charge in [-0.05, 0) is 162 Å². The lowest BCUT2D eigenvalue weighted by molar-refractivity contribution is 0.661. The van der Waals surface area contributed by atoms with Gasteiger partial charge >= 0.3 is 0 Å². The van der Waals surface area contributed by atoms with E-state index in [-0.39, 0.29) is 21.7 Å². The molecule has 0 radical (unpaired) electrons. The number of fused-ring (bicyclic) bond motifs is 24. The second kappa shape index (κ2) is 22.1. The third-order valence-corrected chi connectivity index (χ3v) is 26.4. The minimum absolute atomic E-state index is 0.288. The van der Waals surface area contributed by atoms with Crippen molar-refractivity contribution in [1.82, 2.24) is 38.2 Å². The monoisotopic (exact) mass is 1430 g/mol. The molecule has 6 aromatic heterocycles. The number of hydrogen-bond donors (Lipinski definition) is 0. The van der Waals surface area contributed by atoms with Crippen molar-refractivity contribution in [2.24, 2.45) is 0 Å². The van der Waals surface area contributed by atoms with Crippen LogP contribution < -0.4 is 0 Å². The van der Waals surface area contributed by atoms with Crippen LogP contribution in [0.15, 0.2) is 303 Å². The first-order valence-corrected chi connectivity index (χ1v) is 39.3. The highest BCUT2D eigenvalue weighted by molar-refractivity contribution is 6.18. The number of benzene rings is 14. The van der Waals surface area contributed by atoms with Crippen molar-refractivity contribution in [2.75, 3.05) is 0 Å². The molecule has 0 N–H and O–H groups in total. The smallest absolute Gasteiger partial charge is 0.168 e. The molecule has 0 amide bonds. The highest BCUT2D eigenvalue weighted by Gasteiger charge is 2.43. The first-order valence-electron chi connectivity index (χ1n) is 39.3. The molecule has 6 heterocycles. The van der Waals surface area contributed by atoms with Gasteiger partial charge in [0.2, 0.25) is 0 Å². The Bertz CT molecular complexity index is 7170. The lowest BCUT2D eigenvalue weighted by Gasteiger charge is -2.27. The van der Waals surface area contributed by atoms with Gasteiger partial charge < -0.3 is 9.13 Å². The van der Waals surface area contributed by atoms with Crippen LogP contribution in [0.4, 0.5) is 0 Å². The molecule has 0 spiro atoms. The van der Waals surface area contributed by atoms with Crippen molar-refractivity contribution in [2.45, 2.75) is 77.0 Å². The maximum absolute atomic E-state index is 6.95. The highest BCUT2D eigenvalue weighted by atomic mass is 15.2. The Morgan fingerprint density at radius 3 is 0.759 bits per heavy atom. The number of rotatable bonds is 7. The average molecular weight is 1440 g/mol. The summed E-state index contributed by atoms with van der Waals surface area (Å²) in [6.07, 6.45) is 0. The molecule has 0 fully saturated rings. The normalized spacial score (nSPS) is 14.9. The molecular weight excluding hydrogens is 1360 g/mol. The fourth-order valence-electron chi connectivity index (χ4n) is 21.0. The minimum Gasteiger partial charge on any atom is -0.305 e. The molecule has 4 aliphatic carbocycles. The van der Waals surface area contributed by atoms with E-state index in [9.17, 15) is 0 Å². The Morgan fingerprint density at radius 2 is 0.446 bits per heavy atom. The van der Waals surface area contributed by atoms with Gasteiger partial charge in [-0.15, -0.1) is 0 Å². The van der Waals surface area contributed by atoms with E-state index < -0.39 is 0 Å². The molecule has 8 heteroatoms. The van der Waals surface area contributed by atoms with Crippen LogP contribution in [0.5, 0.6) is 0 Å². The van der Waals surface area contributed by atoms with Gasteiger partial charge in [0.25, 0.3) is 0 Å². The van der Waals surface area contributed by atoms with Gasteiger partial charge in [-0.2, -0.15) is 0 Å². The van der Waals surface area contributed by atoms with Crippen LogP contribution in [0.1, 0.15) is 99.9 Å². The molecule has 0 aliphatic heterocycles. The standard InChI is InChI=1S/C104H74N8/c1-101(2)77-43-23-15-35-61(77)69-55-89-73(51-81(69)101)65-39-19-27-47-85(65)109(89)94-93(98-106-96(59-31-11-9-12-32-59)105-97(107-98)60-33-13-10-14-34-60)95(110-86-48-28-20-40-66(86)74-52-82-70(56-90(74)110)62-36-16-24-44-78(62)102(82,3)4)100(112-88-50-30-22-42-68(88)76-54-84-72(58-92(76)112)64-38-18-26-46-80(64)104(84,7)8)108-99(94)111-87-49-29-21-41-67(87)75-53-83-71(57-91(75)111)63-37-17-25-45-79(63)103(83,5)6/h9-58H,1-8H3. The summed E-state index contributed by atoms with van der Waals surface area (Å²) in [6.45, 7) is 19.1. The Kier molecular flexibility index (Phi) is 12.5. The van der Waals surface area contributed by atoms with Crippen LogP contribution in [0.2, 0.25) is 0 Å². The quantitative estimate of drug-likeness (QED) is 0.159. The van der Waals surface area contributed by atoms with E-state index >= 15 is 0 Å². The molecule has 4 aliphatic rings. The van der Waals surface area contributed by atoms with Crippen LogP contribution in [0.3, 0.4) is 0 Å². The van der Waals surface area contributed by atoms with E-state index in [1.165, 1.54) is 89.0 Å².